The summed E-state index contributed by atoms with van der Waals surface area (Å²) < 4.78 is 5.64. The number of fused-ring (bicyclic) bond motifs is 7. The van der Waals surface area contributed by atoms with E-state index in [-0.39, 0.29) is 0 Å². The molecule has 0 bridgehead atoms. The normalized spacial score (nSPS) is 12.5. The van der Waals surface area contributed by atoms with Gasteiger partial charge in [-0.2, -0.15) is 22.7 Å². The summed E-state index contributed by atoms with van der Waals surface area (Å²) in [5.74, 6) is 0. The summed E-state index contributed by atoms with van der Waals surface area (Å²) in [7, 11) is 0. The van der Waals surface area contributed by atoms with Crippen molar-refractivity contribution in [2.24, 2.45) is 0 Å². The second kappa shape index (κ2) is 4.09. The van der Waals surface area contributed by atoms with Crippen LogP contribution in [0.2, 0.25) is 0 Å². The molecule has 0 aliphatic carbocycles. The summed E-state index contributed by atoms with van der Waals surface area (Å²) in [5, 5.41) is 17.4. The van der Waals surface area contributed by atoms with E-state index in [1.165, 1.54) is 51.1 Å². The predicted molar refractivity (Wildman–Crippen MR) is 105 cm³/mol. The summed E-state index contributed by atoms with van der Waals surface area (Å²) in [5.41, 5.74) is 0. The van der Waals surface area contributed by atoms with Gasteiger partial charge in [-0.25, -0.2) is 0 Å². The number of rotatable bonds is 0. The maximum absolute atomic E-state index is 2.38. The fourth-order valence-electron chi connectivity index (χ4n) is 3.26. The van der Waals surface area contributed by atoms with Gasteiger partial charge in [-0.3, -0.25) is 0 Å². The summed E-state index contributed by atoms with van der Waals surface area (Å²) >= 11 is 7.42. The molecule has 0 N–H and O–H groups in total. The average molecular weight is 353 g/mol. The van der Waals surface area contributed by atoms with Crippen LogP contribution in [0.3, 0.4) is 0 Å². The van der Waals surface area contributed by atoms with Gasteiger partial charge in [-0.15, -0.1) is 22.7 Å². The van der Waals surface area contributed by atoms with Crippen LogP contribution in [-0.2, 0) is 0 Å². The molecule has 0 saturated carbocycles. The maximum atomic E-state index is 2.38. The lowest BCUT2D eigenvalue weighted by Crippen LogP contribution is -1.73. The van der Waals surface area contributed by atoms with Gasteiger partial charge in [0, 0.05) is 61.9 Å². The number of hydrogen-bond donors (Lipinski definition) is 0. The highest BCUT2D eigenvalue weighted by Gasteiger charge is 2.10. The fourth-order valence-corrected chi connectivity index (χ4v) is 7.50. The second-order valence-electron chi connectivity index (χ2n) is 5.55. The van der Waals surface area contributed by atoms with E-state index < -0.39 is 0 Å². The Hall–Kier alpha value is -1.46. The van der Waals surface area contributed by atoms with Gasteiger partial charge in [0.2, 0.25) is 0 Å². The van der Waals surface area contributed by atoms with Gasteiger partial charge < -0.3 is 0 Å². The molecule has 4 heteroatoms. The minimum absolute atomic E-state index is 1.36. The molecule has 6 rings (SSSR count). The molecule has 0 amide bonds. The molecule has 2 aromatic carbocycles. The molecule has 0 aliphatic rings. The van der Waals surface area contributed by atoms with Crippen molar-refractivity contribution >= 4 is 96.5 Å². The van der Waals surface area contributed by atoms with Gasteiger partial charge in [0.05, 0.1) is 0 Å². The SMILES string of the molecule is c1scc2c1sc1cc3cc4c(cc3cc12)sc1cscc14. The van der Waals surface area contributed by atoms with Crippen LogP contribution in [0.4, 0.5) is 0 Å². The third-order valence-electron chi connectivity index (χ3n) is 4.31. The molecular formula is C18H8S4. The molecule has 0 nitrogen and oxygen atoms in total. The van der Waals surface area contributed by atoms with E-state index in [0.717, 1.165) is 0 Å². The molecule has 0 saturated heterocycles. The van der Waals surface area contributed by atoms with Gasteiger partial charge in [-0.1, -0.05) is 0 Å². The minimum atomic E-state index is 1.36. The predicted octanol–water partition coefficient (Wildman–Crippen LogP) is 7.70. The van der Waals surface area contributed by atoms with Crippen molar-refractivity contribution in [1.29, 1.82) is 0 Å². The first-order chi connectivity index (χ1) is 10.9. The lowest BCUT2D eigenvalue weighted by Gasteiger charge is -2.00. The zero-order chi connectivity index (χ0) is 14.3. The minimum Gasteiger partial charge on any atom is -0.150 e. The zero-order valence-corrected chi connectivity index (χ0v) is 14.5. The van der Waals surface area contributed by atoms with Crippen LogP contribution < -0.4 is 0 Å². The average Bonchev–Trinajstić information content (AvgIpc) is 3.23. The Morgan fingerprint density at radius 3 is 1.45 bits per heavy atom. The molecular weight excluding hydrogens is 344 g/mol. The van der Waals surface area contributed by atoms with Crippen LogP contribution in [-0.4, -0.2) is 0 Å². The molecule has 0 radical (unpaired) electrons. The van der Waals surface area contributed by atoms with E-state index >= 15 is 0 Å². The molecule has 104 valence electrons. The quantitative estimate of drug-likeness (QED) is 0.263. The Bertz CT molecular complexity index is 1220. The van der Waals surface area contributed by atoms with E-state index in [0.29, 0.717) is 0 Å². The van der Waals surface area contributed by atoms with Crippen LogP contribution in [0.1, 0.15) is 0 Å². The van der Waals surface area contributed by atoms with Crippen LogP contribution >= 0.6 is 45.3 Å². The van der Waals surface area contributed by atoms with Crippen LogP contribution in [0, 0.1) is 0 Å². The topological polar surface area (TPSA) is 0 Å². The second-order valence-corrected chi connectivity index (χ2v) is 9.20. The van der Waals surface area contributed by atoms with E-state index in [1.807, 2.05) is 22.7 Å². The highest BCUT2D eigenvalue weighted by Crippen LogP contribution is 2.42. The van der Waals surface area contributed by atoms with Crippen molar-refractivity contribution in [1.82, 2.24) is 0 Å². The van der Waals surface area contributed by atoms with Crippen molar-refractivity contribution in [3.63, 3.8) is 0 Å². The van der Waals surface area contributed by atoms with Crippen LogP contribution in [0.5, 0.6) is 0 Å². The van der Waals surface area contributed by atoms with Crippen molar-refractivity contribution in [2.75, 3.05) is 0 Å². The van der Waals surface area contributed by atoms with E-state index in [2.05, 4.69) is 45.8 Å². The first-order valence-corrected chi connectivity index (χ1v) is 10.5. The highest BCUT2D eigenvalue weighted by atomic mass is 32.1. The Labute approximate surface area is 141 Å². The molecule has 0 aliphatic heterocycles. The fraction of sp³-hybridized carbons (Fsp3) is 0. The molecule has 4 aromatic heterocycles. The number of hydrogen-bond acceptors (Lipinski definition) is 4. The van der Waals surface area contributed by atoms with E-state index in [4.69, 9.17) is 0 Å². The van der Waals surface area contributed by atoms with Gasteiger partial charge in [-0.05, 0) is 35.0 Å². The zero-order valence-electron chi connectivity index (χ0n) is 11.3. The highest BCUT2D eigenvalue weighted by molar-refractivity contribution is 7.29. The monoisotopic (exact) mass is 352 g/mol. The molecule has 22 heavy (non-hydrogen) atoms. The Kier molecular flexibility index (Phi) is 2.23. The smallest absolute Gasteiger partial charge is 0.0462 e. The van der Waals surface area contributed by atoms with Crippen LogP contribution in [0.25, 0.3) is 51.1 Å². The third kappa shape index (κ3) is 1.46. The van der Waals surface area contributed by atoms with E-state index in [9.17, 15) is 0 Å². The summed E-state index contributed by atoms with van der Waals surface area (Å²) in [6.45, 7) is 0. The molecule has 0 unspecified atom stereocenters. The molecule has 4 heterocycles. The number of thiophene rings is 4. The van der Waals surface area contributed by atoms with Gasteiger partial charge >= 0.3 is 0 Å². The molecule has 6 aromatic rings. The van der Waals surface area contributed by atoms with Crippen molar-refractivity contribution < 1.29 is 0 Å². The Morgan fingerprint density at radius 1 is 0.455 bits per heavy atom. The Morgan fingerprint density at radius 2 is 0.955 bits per heavy atom. The standard InChI is InChI=1S/C18H8S4/c1-9-3-16-12(14-6-20-8-18(14)22-16)2-10(9)4-15-11(1)13-5-19-7-17(13)21-15/h1-8H. The lowest BCUT2D eigenvalue weighted by atomic mass is 10.0. The van der Waals surface area contributed by atoms with Crippen molar-refractivity contribution in [3.8, 4) is 0 Å². The first-order valence-electron chi connectivity index (χ1n) is 6.97. The van der Waals surface area contributed by atoms with E-state index in [1.54, 1.807) is 22.7 Å². The maximum Gasteiger partial charge on any atom is 0.0462 e. The van der Waals surface area contributed by atoms with Gasteiger partial charge in [0.25, 0.3) is 0 Å². The van der Waals surface area contributed by atoms with Crippen molar-refractivity contribution in [3.05, 3.63) is 45.8 Å². The summed E-state index contributed by atoms with van der Waals surface area (Å²) in [6.07, 6.45) is 0. The molecule has 0 atom stereocenters. The van der Waals surface area contributed by atoms with Gasteiger partial charge in [0.1, 0.15) is 0 Å². The number of benzene rings is 2. The Balaban J connectivity index is 1.84. The largest absolute Gasteiger partial charge is 0.150 e. The first kappa shape index (κ1) is 12.0. The summed E-state index contributed by atoms with van der Waals surface area (Å²) in [4.78, 5) is 0. The van der Waals surface area contributed by atoms with Crippen LogP contribution in [0.15, 0.2) is 45.8 Å². The third-order valence-corrected chi connectivity index (χ3v) is 8.33. The van der Waals surface area contributed by atoms with Crippen molar-refractivity contribution in [2.45, 2.75) is 0 Å². The van der Waals surface area contributed by atoms with Gasteiger partial charge in [0.15, 0.2) is 0 Å². The molecule has 0 spiro atoms. The lowest BCUT2D eigenvalue weighted by molar-refractivity contribution is 1.97. The molecule has 0 fully saturated rings. The summed E-state index contributed by atoms with van der Waals surface area (Å²) in [6, 6.07) is 9.50.